The number of hydrogen-bond donors (Lipinski definition) is 2. The molecule has 0 amide bonds. The van der Waals surface area contributed by atoms with Crippen LogP contribution in [0.5, 0.6) is 0 Å². The lowest BCUT2D eigenvalue weighted by Crippen LogP contribution is -2.40. The fraction of sp³-hybridized carbons (Fsp3) is 0.727. The van der Waals surface area contributed by atoms with E-state index in [0.717, 1.165) is 42.7 Å². The number of aliphatic hydroxyl groups excluding tert-OH is 1. The number of aromatic nitrogens is 3. The van der Waals surface area contributed by atoms with E-state index in [1.54, 1.807) is 0 Å². The summed E-state index contributed by atoms with van der Waals surface area (Å²) in [5.41, 5.74) is 4.62. The number of hydrogen-bond acceptors (Lipinski definition) is 4. The molecule has 4 rings (SSSR count). The zero-order valence-electron chi connectivity index (χ0n) is 17.2. The van der Waals surface area contributed by atoms with Crippen LogP contribution in [0.2, 0.25) is 0 Å². The SMILES string of the molecule is CC(C)C[C@@H]1CCC[C@@H](c2cnc3cc4n(c3n2)CCC4(C)C)N[C@H]1CO. The molecule has 148 valence electrons. The summed E-state index contributed by atoms with van der Waals surface area (Å²) >= 11 is 0. The fourth-order valence-electron chi connectivity index (χ4n) is 5.08. The van der Waals surface area contributed by atoms with Crippen molar-refractivity contribution in [1.29, 1.82) is 0 Å². The second-order valence-electron chi connectivity index (χ2n) is 9.65. The van der Waals surface area contributed by atoms with Crippen LogP contribution in [0.15, 0.2) is 12.3 Å². The number of aliphatic hydroxyl groups is 1. The molecule has 0 aromatic carbocycles. The number of fused-ring (bicyclic) bond motifs is 3. The van der Waals surface area contributed by atoms with Gasteiger partial charge in [-0.1, -0.05) is 34.1 Å². The molecule has 4 heterocycles. The van der Waals surface area contributed by atoms with Crippen molar-refractivity contribution in [3.63, 3.8) is 0 Å². The van der Waals surface area contributed by atoms with Crippen LogP contribution in [0, 0.1) is 11.8 Å². The van der Waals surface area contributed by atoms with Crippen molar-refractivity contribution < 1.29 is 5.11 Å². The van der Waals surface area contributed by atoms with Gasteiger partial charge in [0, 0.05) is 23.7 Å². The van der Waals surface area contributed by atoms with Crippen molar-refractivity contribution in [3.8, 4) is 0 Å². The van der Waals surface area contributed by atoms with Crippen LogP contribution in [-0.4, -0.2) is 32.3 Å². The van der Waals surface area contributed by atoms with Crippen LogP contribution >= 0.6 is 0 Å². The molecule has 1 saturated heterocycles. The van der Waals surface area contributed by atoms with E-state index in [1.807, 2.05) is 6.20 Å². The van der Waals surface area contributed by atoms with Gasteiger partial charge in [-0.15, -0.1) is 0 Å². The fourth-order valence-corrected chi connectivity index (χ4v) is 5.08. The first-order chi connectivity index (χ1) is 12.9. The highest BCUT2D eigenvalue weighted by Crippen LogP contribution is 2.38. The minimum atomic E-state index is 0.148. The van der Waals surface area contributed by atoms with E-state index in [9.17, 15) is 5.11 Å². The first-order valence-corrected chi connectivity index (χ1v) is 10.6. The van der Waals surface area contributed by atoms with E-state index in [4.69, 9.17) is 9.97 Å². The number of nitrogens with zero attached hydrogens (tertiary/aromatic N) is 3. The molecule has 2 aliphatic heterocycles. The zero-order valence-corrected chi connectivity index (χ0v) is 17.2. The minimum Gasteiger partial charge on any atom is -0.395 e. The van der Waals surface area contributed by atoms with Gasteiger partial charge < -0.3 is 15.0 Å². The molecule has 27 heavy (non-hydrogen) atoms. The summed E-state index contributed by atoms with van der Waals surface area (Å²) in [6.45, 7) is 10.4. The summed E-state index contributed by atoms with van der Waals surface area (Å²) in [5, 5.41) is 13.7. The Morgan fingerprint density at radius 2 is 2.15 bits per heavy atom. The van der Waals surface area contributed by atoms with Gasteiger partial charge in [-0.05, 0) is 43.6 Å². The van der Waals surface area contributed by atoms with Crippen molar-refractivity contribution in [3.05, 3.63) is 23.7 Å². The van der Waals surface area contributed by atoms with Crippen LogP contribution in [0.25, 0.3) is 11.2 Å². The van der Waals surface area contributed by atoms with Crippen LogP contribution < -0.4 is 5.32 Å². The molecule has 3 atom stereocenters. The quantitative estimate of drug-likeness (QED) is 0.855. The van der Waals surface area contributed by atoms with Gasteiger partial charge in [0.25, 0.3) is 0 Å². The lowest BCUT2D eigenvalue weighted by molar-refractivity contribution is 0.178. The van der Waals surface area contributed by atoms with E-state index in [2.05, 4.69) is 43.6 Å². The Hall–Kier alpha value is -1.46. The molecule has 1 fully saturated rings. The highest BCUT2D eigenvalue weighted by Gasteiger charge is 2.33. The maximum atomic E-state index is 9.98. The summed E-state index contributed by atoms with van der Waals surface area (Å²) in [4.78, 5) is 9.80. The third kappa shape index (κ3) is 3.52. The third-order valence-electron chi connectivity index (χ3n) is 6.65. The molecule has 0 saturated carbocycles. The van der Waals surface area contributed by atoms with Crippen LogP contribution in [0.4, 0.5) is 0 Å². The Labute approximate surface area is 162 Å². The van der Waals surface area contributed by atoms with Gasteiger partial charge in [-0.3, -0.25) is 4.98 Å². The smallest absolute Gasteiger partial charge is 0.159 e. The van der Waals surface area contributed by atoms with Gasteiger partial charge in [0.2, 0.25) is 0 Å². The molecular weight excluding hydrogens is 336 g/mol. The van der Waals surface area contributed by atoms with E-state index in [0.29, 0.717) is 11.8 Å². The molecule has 2 aromatic rings. The molecule has 2 aromatic heterocycles. The third-order valence-corrected chi connectivity index (χ3v) is 6.65. The molecule has 0 aliphatic carbocycles. The Bertz CT molecular complexity index is 810. The molecule has 2 N–H and O–H groups in total. The number of rotatable bonds is 4. The van der Waals surface area contributed by atoms with Crippen molar-refractivity contribution in [2.45, 2.75) is 83.8 Å². The normalized spacial score (nSPS) is 27.9. The van der Waals surface area contributed by atoms with Crippen molar-refractivity contribution in [2.75, 3.05) is 6.61 Å². The van der Waals surface area contributed by atoms with Crippen LogP contribution in [-0.2, 0) is 12.0 Å². The average Bonchev–Trinajstić information content (AvgIpc) is 3.05. The van der Waals surface area contributed by atoms with Gasteiger partial charge in [-0.2, -0.15) is 0 Å². The predicted molar refractivity (Wildman–Crippen MR) is 109 cm³/mol. The van der Waals surface area contributed by atoms with Crippen molar-refractivity contribution >= 4 is 11.2 Å². The molecule has 0 spiro atoms. The molecule has 2 aliphatic rings. The molecule has 0 bridgehead atoms. The summed E-state index contributed by atoms with van der Waals surface area (Å²) < 4.78 is 2.35. The number of aryl methyl sites for hydroxylation is 1. The predicted octanol–water partition coefficient (Wildman–Crippen LogP) is 3.95. The number of nitrogens with one attached hydrogen (secondary N) is 1. The molecular formula is C22H34N4O. The second-order valence-corrected chi connectivity index (χ2v) is 9.65. The minimum absolute atomic E-state index is 0.148. The molecule has 0 radical (unpaired) electrons. The first kappa shape index (κ1) is 18.9. The van der Waals surface area contributed by atoms with Crippen LogP contribution in [0.3, 0.4) is 0 Å². The Morgan fingerprint density at radius 1 is 1.33 bits per heavy atom. The maximum Gasteiger partial charge on any atom is 0.159 e. The molecule has 0 unspecified atom stereocenters. The van der Waals surface area contributed by atoms with Crippen molar-refractivity contribution in [1.82, 2.24) is 19.9 Å². The zero-order chi connectivity index (χ0) is 19.2. The highest BCUT2D eigenvalue weighted by molar-refractivity contribution is 5.74. The van der Waals surface area contributed by atoms with Gasteiger partial charge in [0.05, 0.1) is 24.5 Å². The van der Waals surface area contributed by atoms with Gasteiger partial charge in [0.1, 0.15) is 5.52 Å². The molecule has 5 heteroatoms. The summed E-state index contributed by atoms with van der Waals surface area (Å²) in [7, 11) is 0. The summed E-state index contributed by atoms with van der Waals surface area (Å²) in [6, 6.07) is 2.54. The van der Waals surface area contributed by atoms with E-state index >= 15 is 0 Å². The summed E-state index contributed by atoms with van der Waals surface area (Å²) in [5.74, 6) is 1.19. The Kier molecular flexibility index (Phi) is 5.02. The Morgan fingerprint density at radius 3 is 2.89 bits per heavy atom. The first-order valence-electron chi connectivity index (χ1n) is 10.6. The van der Waals surface area contributed by atoms with Gasteiger partial charge >= 0.3 is 0 Å². The van der Waals surface area contributed by atoms with Crippen molar-refractivity contribution in [2.24, 2.45) is 11.8 Å². The largest absolute Gasteiger partial charge is 0.395 e. The Balaban J connectivity index is 1.62. The van der Waals surface area contributed by atoms with E-state index in [-0.39, 0.29) is 24.1 Å². The lowest BCUT2D eigenvalue weighted by Gasteiger charge is -2.27. The monoisotopic (exact) mass is 370 g/mol. The topological polar surface area (TPSA) is 63.0 Å². The standard InChI is InChI=1S/C22H34N4O/c1-14(2)10-15-6-5-7-16(24-19(15)13-27)18-12-23-17-11-20-22(3,4)8-9-26(20)21(17)25-18/h11-12,14-16,19,24,27H,5-10,13H2,1-4H3/t15-,16-,19-/m0/s1. The highest BCUT2D eigenvalue weighted by atomic mass is 16.3. The lowest BCUT2D eigenvalue weighted by atomic mass is 9.88. The van der Waals surface area contributed by atoms with E-state index in [1.165, 1.54) is 18.5 Å². The summed E-state index contributed by atoms with van der Waals surface area (Å²) in [6.07, 6.45) is 7.68. The maximum absolute atomic E-state index is 9.98. The van der Waals surface area contributed by atoms with Gasteiger partial charge in [0.15, 0.2) is 5.65 Å². The van der Waals surface area contributed by atoms with E-state index < -0.39 is 0 Å². The van der Waals surface area contributed by atoms with Gasteiger partial charge in [-0.25, -0.2) is 4.98 Å². The second kappa shape index (κ2) is 7.17. The average molecular weight is 371 g/mol. The molecule has 5 nitrogen and oxygen atoms in total. The van der Waals surface area contributed by atoms with Crippen LogP contribution in [0.1, 0.15) is 77.2 Å².